The molecule has 2 aromatic carbocycles. The fourth-order valence-electron chi connectivity index (χ4n) is 2.60. The topological polar surface area (TPSA) is 64.6 Å². The van der Waals surface area contributed by atoms with Crippen LogP contribution in [0.2, 0.25) is 0 Å². The van der Waals surface area contributed by atoms with E-state index in [4.69, 9.17) is 9.47 Å². The molecule has 1 unspecified atom stereocenters. The second-order valence-electron chi connectivity index (χ2n) is 7.49. The molecule has 2 rings (SSSR count). The number of halogens is 1. The molecule has 150 valence electrons. The summed E-state index contributed by atoms with van der Waals surface area (Å²) in [5.41, 5.74) is 1.23. The summed E-state index contributed by atoms with van der Waals surface area (Å²) < 4.78 is 23.8. The van der Waals surface area contributed by atoms with E-state index in [9.17, 15) is 14.0 Å². The van der Waals surface area contributed by atoms with Crippen molar-refractivity contribution in [3.63, 3.8) is 0 Å². The van der Waals surface area contributed by atoms with Crippen molar-refractivity contribution in [3.8, 4) is 0 Å². The van der Waals surface area contributed by atoms with Gasteiger partial charge < -0.3 is 14.8 Å². The van der Waals surface area contributed by atoms with Crippen molar-refractivity contribution in [2.45, 2.75) is 45.3 Å². The van der Waals surface area contributed by atoms with Crippen LogP contribution in [0.5, 0.6) is 0 Å². The van der Waals surface area contributed by atoms with E-state index in [1.807, 2.05) is 30.3 Å². The summed E-state index contributed by atoms with van der Waals surface area (Å²) in [4.78, 5) is 23.9. The SMILES string of the molecule is CC(C)(C)OC(=O)NCC(=O)OC(Cc1ccccc1)Cc1ccc(F)cc1. The largest absolute Gasteiger partial charge is 0.460 e. The van der Waals surface area contributed by atoms with Crippen molar-refractivity contribution in [2.24, 2.45) is 0 Å². The van der Waals surface area contributed by atoms with Gasteiger partial charge in [0.25, 0.3) is 0 Å². The van der Waals surface area contributed by atoms with Crippen LogP contribution in [0.3, 0.4) is 0 Å². The number of alkyl carbamates (subject to hydrolysis) is 1. The molecule has 1 N–H and O–H groups in total. The molecule has 2 aromatic rings. The molecule has 1 amide bonds. The maximum absolute atomic E-state index is 13.1. The van der Waals surface area contributed by atoms with Gasteiger partial charge in [-0.25, -0.2) is 9.18 Å². The van der Waals surface area contributed by atoms with E-state index < -0.39 is 23.8 Å². The average Bonchev–Trinajstić information content (AvgIpc) is 2.61. The lowest BCUT2D eigenvalue weighted by Crippen LogP contribution is -2.37. The predicted octanol–water partition coefficient (Wildman–Crippen LogP) is 4.05. The van der Waals surface area contributed by atoms with Crippen molar-refractivity contribution in [2.75, 3.05) is 6.54 Å². The van der Waals surface area contributed by atoms with Crippen molar-refractivity contribution < 1.29 is 23.5 Å². The summed E-state index contributed by atoms with van der Waals surface area (Å²) >= 11 is 0. The highest BCUT2D eigenvalue weighted by Crippen LogP contribution is 2.13. The molecule has 0 spiro atoms. The van der Waals surface area contributed by atoms with Crippen molar-refractivity contribution >= 4 is 12.1 Å². The summed E-state index contributed by atoms with van der Waals surface area (Å²) in [6.45, 7) is 4.93. The summed E-state index contributed by atoms with van der Waals surface area (Å²) in [6, 6.07) is 15.7. The van der Waals surface area contributed by atoms with Gasteiger partial charge in [0.2, 0.25) is 0 Å². The Hall–Kier alpha value is -2.89. The summed E-state index contributed by atoms with van der Waals surface area (Å²) in [5.74, 6) is -0.879. The molecule has 6 heteroatoms. The molecule has 0 heterocycles. The number of carbonyl (C=O) groups excluding carboxylic acids is 2. The van der Waals surface area contributed by atoms with Gasteiger partial charge in [-0.1, -0.05) is 42.5 Å². The van der Waals surface area contributed by atoms with Crippen molar-refractivity contribution in [1.82, 2.24) is 5.32 Å². The fraction of sp³-hybridized carbons (Fsp3) is 0.364. The zero-order valence-electron chi connectivity index (χ0n) is 16.4. The van der Waals surface area contributed by atoms with Gasteiger partial charge in [-0.05, 0) is 44.0 Å². The Morgan fingerprint density at radius 1 is 0.964 bits per heavy atom. The molecular weight excluding hydrogens is 361 g/mol. The van der Waals surface area contributed by atoms with E-state index in [1.165, 1.54) is 12.1 Å². The molecule has 0 aliphatic rings. The second kappa shape index (κ2) is 9.88. The van der Waals surface area contributed by atoms with Crippen LogP contribution < -0.4 is 5.32 Å². The van der Waals surface area contributed by atoms with Crippen LogP contribution in [0, 0.1) is 5.82 Å². The maximum Gasteiger partial charge on any atom is 0.408 e. The number of benzene rings is 2. The van der Waals surface area contributed by atoms with Gasteiger partial charge in [-0.15, -0.1) is 0 Å². The summed E-state index contributed by atoms with van der Waals surface area (Å²) in [6.07, 6.45) is -0.174. The van der Waals surface area contributed by atoms with Crippen LogP contribution >= 0.6 is 0 Å². The summed E-state index contributed by atoms with van der Waals surface area (Å²) in [7, 11) is 0. The Kier molecular flexibility index (Phi) is 7.55. The second-order valence-corrected chi connectivity index (χ2v) is 7.49. The van der Waals surface area contributed by atoms with E-state index in [-0.39, 0.29) is 12.4 Å². The number of ether oxygens (including phenoxy) is 2. The smallest absolute Gasteiger partial charge is 0.408 e. The number of amides is 1. The fourth-order valence-corrected chi connectivity index (χ4v) is 2.60. The van der Waals surface area contributed by atoms with E-state index >= 15 is 0 Å². The first-order chi connectivity index (χ1) is 13.2. The molecule has 0 aliphatic carbocycles. The number of hydrogen-bond acceptors (Lipinski definition) is 4. The first-order valence-electron chi connectivity index (χ1n) is 9.16. The monoisotopic (exact) mass is 387 g/mol. The Balaban J connectivity index is 1.97. The lowest BCUT2D eigenvalue weighted by molar-refractivity contribution is -0.147. The third-order valence-corrected chi connectivity index (χ3v) is 3.76. The molecule has 5 nitrogen and oxygen atoms in total. The molecule has 0 radical (unpaired) electrons. The molecule has 0 saturated heterocycles. The van der Waals surface area contributed by atoms with Crippen LogP contribution in [0.4, 0.5) is 9.18 Å². The molecule has 0 aromatic heterocycles. The van der Waals surface area contributed by atoms with Crippen molar-refractivity contribution in [1.29, 1.82) is 0 Å². The Bertz CT molecular complexity index is 769. The van der Waals surface area contributed by atoms with Crippen LogP contribution in [0.25, 0.3) is 0 Å². The highest BCUT2D eigenvalue weighted by molar-refractivity contribution is 5.78. The first kappa shape index (κ1) is 21.4. The van der Waals surface area contributed by atoms with Crippen LogP contribution in [0.1, 0.15) is 31.9 Å². The quantitative estimate of drug-likeness (QED) is 0.728. The highest BCUT2D eigenvalue weighted by atomic mass is 19.1. The van der Waals surface area contributed by atoms with Crippen LogP contribution in [0.15, 0.2) is 54.6 Å². The minimum absolute atomic E-state index is 0.288. The van der Waals surface area contributed by atoms with Gasteiger partial charge in [-0.2, -0.15) is 0 Å². The number of rotatable bonds is 7. The minimum atomic E-state index is -0.678. The van der Waals surface area contributed by atoms with Gasteiger partial charge in [0, 0.05) is 12.8 Å². The molecule has 0 aliphatic heterocycles. The summed E-state index contributed by atoms with van der Waals surface area (Å²) in [5, 5.41) is 2.39. The van der Waals surface area contributed by atoms with Gasteiger partial charge in [-0.3, -0.25) is 4.79 Å². The highest BCUT2D eigenvalue weighted by Gasteiger charge is 2.19. The molecule has 1 atom stereocenters. The zero-order chi connectivity index (χ0) is 20.6. The van der Waals surface area contributed by atoms with Crippen LogP contribution in [-0.2, 0) is 27.1 Å². The molecule has 0 saturated carbocycles. The standard InChI is InChI=1S/C22H26FNO4/c1-22(2,3)28-21(26)24-15-20(25)27-19(13-16-7-5-4-6-8-16)14-17-9-11-18(23)12-10-17/h4-12,19H,13-15H2,1-3H3,(H,24,26). The first-order valence-corrected chi connectivity index (χ1v) is 9.16. The van der Waals surface area contributed by atoms with Gasteiger partial charge in [0.05, 0.1) is 0 Å². The number of nitrogens with one attached hydrogen (secondary N) is 1. The minimum Gasteiger partial charge on any atom is -0.460 e. The van der Waals surface area contributed by atoms with Gasteiger partial charge in [0.15, 0.2) is 0 Å². The molecule has 28 heavy (non-hydrogen) atoms. The lowest BCUT2D eigenvalue weighted by atomic mass is 10.0. The van der Waals surface area contributed by atoms with E-state index in [0.29, 0.717) is 12.8 Å². The molecule has 0 bridgehead atoms. The maximum atomic E-state index is 13.1. The van der Waals surface area contributed by atoms with Crippen molar-refractivity contribution in [3.05, 3.63) is 71.5 Å². The van der Waals surface area contributed by atoms with E-state index in [1.54, 1.807) is 32.9 Å². The predicted molar refractivity (Wildman–Crippen MR) is 104 cm³/mol. The van der Waals surface area contributed by atoms with E-state index in [2.05, 4.69) is 5.32 Å². The average molecular weight is 387 g/mol. The number of hydrogen-bond donors (Lipinski definition) is 1. The number of esters is 1. The van der Waals surface area contributed by atoms with E-state index in [0.717, 1.165) is 11.1 Å². The Morgan fingerprint density at radius 2 is 1.54 bits per heavy atom. The Morgan fingerprint density at radius 3 is 2.11 bits per heavy atom. The van der Waals surface area contributed by atoms with Gasteiger partial charge in [0.1, 0.15) is 24.1 Å². The normalized spacial score (nSPS) is 12.1. The molecular formula is C22H26FNO4. The third-order valence-electron chi connectivity index (χ3n) is 3.76. The van der Waals surface area contributed by atoms with Crippen LogP contribution in [-0.4, -0.2) is 30.3 Å². The third kappa shape index (κ3) is 8.20. The molecule has 0 fully saturated rings. The lowest BCUT2D eigenvalue weighted by Gasteiger charge is -2.21. The number of carbonyl (C=O) groups is 2. The zero-order valence-corrected chi connectivity index (χ0v) is 16.4. The Labute approximate surface area is 164 Å². The van der Waals surface area contributed by atoms with Gasteiger partial charge >= 0.3 is 12.1 Å².